The first kappa shape index (κ1) is 29.4. The SMILES string of the molecule is CCCOc1ccc(SN2CCN(CCO[N+](=O)[O-])CC2)cc1-c1nc2c(CCC)c(/C=N/O)n(C)c2c(=O)[nH]1. The highest BCUT2D eigenvalue weighted by Crippen LogP contribution is 2.35. The third kappa shape index (κ3) is 6.74. The number of rotatable bonds is 13. The van der Waals surface area contributed by atoms with Crippen molar-refractivity contribution in [2.75, 3.05) is 45.9 Å². The number of oxime groups is 1. The summed E-state index contributed by atoms with van der Waals surface area (Å²) in [4.78, 5) is 39.1. The fourth-order valence-electron chi connectivity index (χ4n) is 4.80. The number of aryl methyl sites for hydroxylation is 2. The number of hydrogen-bond donors (Lipinski definition) is 2. The van der Waals surface area contributed by atoms with Crippen molar-refractivity contribution in [1.29, 1.82) is 0 Å². The molecule has 1 fully saturated rings. The first-order valence-electron chi connectivity index (χ1n) is 13.3. The van der Waals surface area contributed by atoms with Gasteiger partial charge in [0, 0.05) is 50.2 Å². The summed E-state index contributed by atoms with van der Waals surface area (Å²) in [6.45, 7) is 8.30. The number of benzene rings is 1. The minimum atomic E-state index is -0.762. The maximum absolute atomic E-state index is 13.3. The van der Waals surface area contributed by atoms with Gasteiger partial charge in [-0.15, -0.1) is 10.1 Å². The molecule has 3 aromatic rings. The van der Waals surface area contributed by atoms with Gasteiger partial charge in [0.1, 0.15) is 29.2 Å². The van der Waals surface area contributed by atoms with Gasteiger partial charge in [-0.05, 0) is 43.0 Å². The Morgan fingerprint density at radius 3 is 2.67 bits per heavy atom. The van der Waals surface area contributed by atoms with E-state index in [1.165, 1.54) is 6.21 Å². The maximum Gasteiger partial charge on any atom is 0.294 e. The van der Waals surface area contributed by atoms with Crippen molar-refractivity contribution in [3.8, 4) is 17.1 Å². The molecule has 0 spiro atoms. The standard InChI is InChI=1S/C26H35N7O6S/c1-4-6-19-21(17-27-35)30(3)24-23(19)28-25(29-26(24)34)20-16-18(7-8-22(20)38-14-5-2)40-32-11-9-31(10-12-32)13-15-39-33(36)37/h7-8,16-17,35H,4-6,9-15H2,1-3H3,(H,28,29,34)/b27-17+. The summed E-state index contributed by atoms with van der Waals surface area (Å²) < 4.78 is 9.99. The van der Waals surface area contributed by atoms with E-state index in [1.54, 1.807) is 23.6 Å². The van der Waals surface area contributed by atoms with Crippen molar-refractivity contribution in [2.45, 2.75) is 38.0 Å². The van der Waals surface area contributed by atoms with Gasteiger partial charge in [-0.1, -0.05) is 25.4 Å². The van der Waals surface area contributed by atoms with E-state index in [4.69, 9.17) is 9.72 Å². The van der Waals surface area contributed by atoms with E-state index in [2.05, 4.69) is 24.2 Å². The van der Waals surface area contributed by atoms with Crippen LogP contribution in [0.5, 0.6) is 5.75 Å². The predicted octanol–water partition coefficient (Wildman–Crippen LogP) is 3.31. The monoisotopic (exact) mass is 573 g/mol. The molecular weight excluding hydrogens is 538 g/mol. The second-order valence-electron chi connectivity index (χ2n) is 9.45. The van der Waals surface area contributed by atoms with E-state index < -0.39 is 5.09 Å². The predicted molar refractivity (Wildman–Crippen MR) is 153 cm³/mol. The molecule has 1 aliphatic rings. The molecule has 1 saturated heterocycles. The molecule has 1 aromatic carbocycles. The van der Waals surface area contributed by atoms with Gasteiger partial charge >= 0.3 is 0 Å². The van der Waals surface area contributed by atoms with Gasteiger partial charge in [0.2, 0.25) is 0 Å². The van der Waals surface area contributed by atoms with Crippen LogP contribution in [0, 0.1) is 10.1 Å². The number of fused-ring (bicyclic) bond motifs is 1. The van der Waals surface area contributed by atoms with Crippen LogP contribution in [0.3, 0.4) is 0 Å². The summed E-state index contributed by atoms with van der Waals surface area (Å²) in [5, 5.41) is 22.0. The highest BCUT2D eigenvalue weighted by atomic mass is 32.2. The molecule has 0 amide bonds. The Labute approximate surface area is 236 Å². The minimum absolute atomic E-state index is 0.0634. The van der Waals surface area contributed by atoms with Crippen LogP contribution in [0.1, 0.15) is 37.9 Å². The fourth-order valence-corrected chi connectivity index (χ4v) is 5.75. The first-order valence-corrected chi connectivity index (χ1v) is 14.1. The second kappa shape index (κ2) is 13.6. The zero-order valence-electron chi connectivity index (χ0n) is 23.0. The Morgan fingerprint density at radius 2 is 2.00 bits per heavy atom. The van der Waals surface area contributed by atoms with Gasteiger partial charge < -0.3 is 24.3 Å². The third-order valence-electron chi connectivity index (χ3n) is 6.70. The molecule has 3 heterocycles. The topological polar surface area (TPSA) is 151 Å². The Balaban J connectivity index is 1.63. The lowest BCUT2D eigenvalue weighted by Gasteiger charge is -2.33. The van der Waals surface area contributed by atoms with Gasteiger partial charge in [-0.2, -0.15) is 0 Å². The Hall–Kier alpha value is -3.62. The van der Waals surface area contributed by atoms with E-state index in [-0.39, 0.29) is 12.2 Å². The van der Waals surface area contributed by atoms with Crippen LogP contribution in [-0.4, -0.2) is 86.2 Å². The smallest absolute Gasteiger partial charge is 0.294 e. The van der Waals surface area contributed by atoms with Gasteiger partial charge in [-0.3, -0.25) is 9.69 Å². The fraction of sp³-hybridized carbons (Fsp3) is 0.500. The number of ether oxygens (including phenoxy) is 1. The van der Waals surface area contributed by atoms with E-state index >= 15 is 0 Å². The first-order chi connectivity index (χ1) is 19.4. The molecule has 0 radical (unpaired) electrons. The summed E-state index contributed by atoms with van der Waals surface area (Å²) in [6, 6.07) is 5.88. The molecule has 0 bridgehead atoms. The third-order valence-corrected chi connectivity index (χ3v) is 7.79. The summed E-state index contributed by atoms with van der Waals surface area (Å²) in [7, 11) is 1.76. The van der Waals surface area contributed by atoms with Gasteiger partial charge in [0.25, 0.3) is 10.6 Å². The van der Waals surface area contributed by atoms with E-state index in [0.717, 1.165) is 49.5 Å². The zero-order chi connectivity index (χ0) is 28.6. The molecule has 0 unspecified atom stereocenters. The molecule has 2 N–H and O–H groups in total. The average Bonchev–Trinajstić information content (AvgIpc) is 3.20. The van der Waals surface area contributed by atoms with Crippen molar-refractivity contribution in [3.63, 3.8) is 0 Å². The highest BCUT2D eigenvalue weighted by molar-refractivity contribution is 7.97. The lowest BCUT2D eigenvalue weighted by Crippen LogP contribution is -2.44. The Morgan fingerprint density at radius 1 is 1.23 bits per heavy atom. The number of hydrogen-bond acceptors (Lipinski definition) is 11. The molecule has 0 saturated carbocycles. The summed E-state index contributed by atoms with van der Waals surface area (Å²) in [6.07, 6.45) is 3.68. The lowest BCUT2D eigenvalue weighted by molar-refractivity contribution is -0.757. The zero-order valence-corrected chi connectivity index (χ0v) is 23.8. The Bertz CT molecular complexity index is 1410. The molecule has 2 aromatic heterocycles. The summed E-state index contributed by atoms with van der Waals surface area (Å²) >= 11 is 1.61. The summed E-state index contributed by atoms with van der Waals surface area (Å²) in [5.41, 5.74) is 2.91. The largest absolute Gasteiger partial charge is 0.493 e. The number of piperazine rings is 1. The van der Waals surface area contributed by atoms with Crippen molar-refractivity contribution in [1.82, 2.24) is 23.7 Å². The Kier molecular flexibility index (Phi) is 10.0. The van der Waals surface area contributed by atoms with Gasteiger partial charge in [0.05, 0.1) is 24.1 Å². The van der Waals surface area contributed by atoms with Gasteiger partial charge in [-0.25, -0.2) is 9.29 Å². The highest BCUT2D eigenvalue weighted by Gasteiger charge is 2.22. The molecule has 14 heteroatoms. The van der Waals surface area contributed by atoms with Crippen molar-refractivity contribution >= 4 is 29.2 Å². The number of nitrogens with zero attached hydrogens (tertiary/aromatic N) is 6. The molecular formula is C26H35N7O6S. The van der Waals surface area contributed by atoms with Crippen LogP contribution < -0.4 is 10.3 Å². The minimum Gasteiger partial charge on any atom is -0.493 e. The lowest BCUT2D eigenvalue weighted by atomic mass is 10.1. The number of nitrogens with one attached hydrogen (secondary N) is 1. The second-order valence-corrected chi connectivity index (χ2v) is 10.6. The molecule has 13 nitrogen and oxygen atoms in total. The van der Waals surface area contributed by atoms with Gasteiger partial charge in [0.15, 0.2) is 0 Å². The summed E-state index contributed by atoms with van der Waals surface area (Å²) in [5.74, 6) is 1.05. The van der Waals surface area contributed by atoms with Crippen molar-refractivity contribution in [3.05, 3.63) is 49.9 Å². The molecule has 216 valence electrons. The quantitative estimate of drug-likeness (QED) is 0.102. The maximum atomic E-state index is 13.3. The number of H-pyrrole nitrogens is 1. The molecule has 0 aliphatic carbocycles. The van der Waals surface area contributed by atoms with Crippen LogP contribution in [0.4, 0.5) is 0 Å². The molecule has 40 heavy (non-hydrogen) atoms. The van der Waals surface area contributed by atoms with Crippen molar-refractivity contribution in [2.24, 2.45) is 12.2 Å². The molecule has 1 aliphatic heterocycles. The van der Waals surface area contributed by atoms with E-state index in [0.29, 0.717) is 53.4 Å². The molecule has 0 atom stereocenters. The van der Waals surface area contributed by atoms with Crippen LogP contribution >= 0.6 is 11.9 Å². The van der Waals surface area contributed by atoms with Crippen LogP contribution in [0.2, 0.25) is 0 Å². The normalized spacial score (nSPS) is 14.8. The van der Waals surface area contributed by atoms with E-state index in [9.17, 15) is 20.1 Å². The number of aromatic amines is 1. The van der Waals surface area contributed by atoms with Crippen molar-refractivity contribution < 1.29 is 19.9 Å². The van der Waals surface area contributed by atoms with Crippen LogP contribution in [0.25, 0.3) is 22.4 Å². The average molecular weight is 574 g/mol. The number of aromatic nitrogens is 3. The van der Waals surface area contributed by atoms with Crippen LogP contribution in [-0.2, 0) is 18.3 Å². The van der Waals surface area contributed by atoms with Crippen LogP contribution in [0.15, 0.2) is 33.0 Å². The van der Waals surface area contributed by atoms with E-state index in [1.807, 2.05) is 32.0 Å². The molecule has 4 rings (SSSR count).